The second-order valence-corrected chi connectivity index (χ2v) is 6.91. The van der Waals surface area contributed by atoms with E-state index >= 15 is 0 Å². The highest BCUT2D eigenvalue weighted by Crippen LogP contribution is 2.37. The normalized spacial score (nSPS) is 17.0. The third-order valence-corrected chi connectivity index (χ3v) is 4.46. The van der Waals surface area contributed by atoms with Crippen molar-refractivity contribution in [2.75, 3.05) is 0 Å². The molecular weight excluding hydrogens is 291 g/mol. The first-order chi connectivity index (χ1) is 10.9. The van der Waals surface area contributed by atoms with Crippen LogP contribution in [0.3, 0.4) is 0 Å². The molecular formula is C19H19FN2O. The van der Waals surface area contributed by atoms with Crippen molar-refractivity contribution in [3.8, 4) is 5.75 Å². The number of imidazole rings is 1. The van der Waals surface area contributed by atoms with Crippen molar-refractivity contribution in [2.24, 2.45) is 0 Å². The van der Waals surface area contributed by atoms with Crippen molar-refractivity contribution >= 4 is 11.0 Å². The van der Waals surface area contributed by atoms with Gasteiger partial charge in [0.05, 0.1) is 11.0 Å². The number of nitrogens with zero attached hydrogens (tertiary/aromatic N) is 1. The van der Waals surface area contributed by atoms with Crippen LogP contribution in [0, 0.1) is 5.82 Å². The topological polar surface area (TPSA) is 37.9 Å². The highest BCUT2D eigenvalue weighted by Gasteiger charge is 2.30. The van der Waals surface area contributed by atoms with Gasteiger partial charge in [-0.25, -0.2) is 9.37 Å². The second kappa shape index (κ2) is 4.82. The Balaban J connectivity index is 1.70. The Bertz CT molecular complexity index is 898. The zero-order chi connectivity index (χ0) is 16.2. The fourth-order valence-corrected chi connectivity index (χ4v) is 3.26. The molecule has 1 N–H and O–H groups in total. The smallest absolute Gasteiger partial charge is 0.125 e. The molecule has 0 bridgehead atoms. The maximum atomic E-state index is 13.3. The number of nitrogens with one attached hydrogen (secondary N) is 1. The number of hydrogen-bond acceptors (Lipinski definition) is 2. The van der Waals surface area contributed by atoms with Gasteiger partial charge >= 0.3 is 0 Å². The highest BCUT2D eigenvalue weighted by molar-refractivity contribution is 5.75. The largest absolute Gasteiger partial charge is 0.487 e. The number of halogens is 1. The fraction of sp³-hybridized carbons (Fsp3) is 0.316. The van der Waals surface area contributed by atoms with Crippen LogP contribution in [0.1, 0.15) is 43.6 Å². The van der Waals surface area contributed by atoms with E-state index in [0.29, 0.717) is 5.52 Å². The predicted octanol–water partition coefficient (Wildman–Crippen LogP) is 4.57. The van der Waals surface area contributed by atoms with Gasteiger partial charge in [0, 0.05) is 18.4 Å². The molecule has 4 rings (SSSR count). The Morgan fingerprint density at radius 2 is 2.04 bits per heavy atom. The summed E-state index contributed by atoms with van der Waals surface area (Å²) in [6.45, 7) is 6.31. The lowest BCUT2D eigenvalue weighted by atomic mass is 9.95. The van der Waals surface area contributed by atoms with Crippen LogP contribution in [-0.2, 0) is 6.42 Å². The first-order valence-corrected chi connectivity index (χ1v) is 7.88. The summed E-state index contributed by atoms with van der Waals surface area (Å²) in [7, 11) is 0. The standard InChI is InChI=1S/C19H19FN2O/c1-11(18-21-15-6-5-14(20)9-16(15)22-18)12-4-7-17-13(8-12)10-19(2,3)23-17/h4-9,11H,10H2,1-3H3,(H,21,22). The van der Waals surface area contributed by atoms with E-state index in [-0.39, 0.29) is 17.3 Å². The molecule has 2 aromatic carbocycles. The minimum Gasteiger partial charge on any atom is -0.487 e. The van der Waals surface area contributed by atoms with E-state index in [1.54, 1.807) is 6.07 Å². The van der Waals surface area contributed by atoms with Crippen LogP contribution >= 0.6 is 0 Å². The van der Waals surface area contributed by atoms with Gasteiger partial charge in [-0.1, -0.05) is 19.1 Å². The van der Waals surface area contributed by atoms with Gasteiger partial charge in [0.25, 0.3) is 0 Å². The molecule has 2 heterocycles. The van der Waals surface area contributed by atoms with Gasteiger partial charge < -0.3 is 9.72 Å². The van der Waals surface area contributed by atoms with Gasteiger partial charge in [0.2, 0.25) is 0 Å². The molecule has 0 spiro atoms. The van der Waals surface area contributed by atoms with Crippen molar-refractivity contribution in [1.29, 1.82) is 0 Å². The molecule has 23 heavy (non-hydrogen) atoms. The molecule has 0 amide bonds. The molecule has 0 saturated heterocycles. The van der Waals surface area contributed by atoms with Crippen molar-refractivity contribution in [3.63, 3.8) is 0 Å². The highest BCUT2D eigenvalue weighted by atomic mass is 19.1. The average Bonchev–Trinajstić information content (AvgIpc) is 3.03. The zero-order valence-corrected chi connectivity index (χ0v) is 13.5. The third-order valence-electron chi connectivity index (χ3n) is 4.46. The van der Waals surface area contributed by atoms with Crippen LogP contribution in [0.15, 0.2) is 36.4 Å². The number of H-pyrrole nitrogens is 1. The molecule has 1 aliphatic rings. The van der Waals surface area contributed by atoms with E-state index in [2.05, 4.69) is 42.9 Å². The lowest BCUT2D eigenvalue weighted by Crippen LogP contribution is -2.24. The van der Waals surface area contributed by atoms with Gasteiger partial charge in [0.15, 0.2) is 0 Å². The van der Waals surface area contributed by atoms with E-state index in [0.717, 1.165) is 23.5 Å². The molecule has 0 fully saturated rings. The van der Waals surface area contributed by atoms with E-state index < -0.39 is 0 Å². The van der Waals surface area contributed by atoms with Crippen LogP contribution in [0.2, 0.25) is 0 Å². The van der Waals surface area contributed by atoms with Gasteiger partial charge in [-0.2, -0.15) is 0 Å². The number of hydrogen-bond donors (Lipinski definition) is 1. The van der Waals surface area contributed by atoms with Gasteiger partial charge in [0.1, 0.15) is 23.0 Å². The fourth-order valence-electron chi connectivity index (χ4n) is 3.26. The van der Waals surface area contributed by atoms with Crippen LogP contribution in [0.4, 0.5) is 4.39 Å². The summed E-state index contributed by atoms with van der Waals surface area (Å²) in [6, 6.07) is 11.0. The maximum Gasteiger partial charge on any atom is 0.125 e. The first kappa shape index (κ1) is 14.2. The molecule has 0 aliphatic carbocycles. The summed E-state index contributed by atoms with van der Waals surface area (Å²) in [5.74, 6) is 1.67. The monoisotopic (exact) mass is 310 g/mol. The van der Waals surface area contributed by atoms with Crippen LogP contribution in [0.5, 0.6) is 5.75 Å². The predicted molar refractivity (Wildman–Crippen MR) is 88.4 cm³/mol. The molecule has 4 heteroatoms. The summed E-state index contributed by atoms with van der Waals surface area (Å²) < 4.78 is 19.3. The van der Waals surface area contributed by atoms with Crippen molar-refractivity contribution < 1.29 is 9.13 Å². The van der Waals surface area contributed by atoms with Crippen LogP contribution in [0.25, 0.3) is 11.0 Å². The van der Waals surface area contributed by atoms with Gasteiger partial charge in [-0.05, 0) is 43.2 Å². The number of rotatable bonds is 2. The molecule has 3 aromatic rings. The molecule has 118 valence electrons. The van der Waals surface area contributed by atoms with E-state index in [9.17, 15) is 4.39 Å². The van der Waals surface area contributed by atoms with E-state index in [1.807, 2.05) is 6.07 Å². The Morgan fingerprint density at radius 1 is 1.22 bits per heavy atom. The van der Waals surface area contributed by atoms with Crippen molar-refractivity contribution in [3.05, 3.63) is 59.2 Å². The van der Waals surface area contributed by atoms with Crippen LogP contribution in [-0.4, -0.2) is 15.6 Å². The summed E-state index contributed by atoms with van der Waals surface area (Å²) in [5, 5.41) is 0. The van der Waals surface area contributed by atoms with Gasteiger partial charge in [-0.3, -0.25) is 0 Å². The minimum atomic E-state index is -0.264. The Kier molecular flexibility index (Phi) is 2.98. The van der Waals surface area contributed by atoms with Crippen molar-refractivity contribution in [2.45, 2.75) is 38.7 Å². The summed E-state index contributed by atoms with van der Waals surface area (Å²) in [5.41, 5.74) is 3.81. The molecule has 1 unspecified atom stereocenters. The zero-order valence-electron chi connectivity index (χ0n) is 13.5. The number of benzene rings is 2. The minimum absolute atomic E-state index is 0.111. The second-order valence-electron chi connectivity index (χ2n) is 6.91. The third kappa shape index (κ3) is 2.48. The summed E-state index contributed by atoms with van der Waals surface area (Å²) in [6.07, 6.45) is 0.911. The molecule has 1 aliphatic heterocycles. The van der Waals surface area contributed by atoms with E-state index in [4.69, 9.17) is 4.74 Å². The quantitative estimate of drug-likeness (QED) is 0.753. The average molecular weight is 310 g/mol. The lowest BCUT2D eigenvalue weighted by Gasteiger charge is -2.16. The molecule has 1 atom stereocenters. The summed E-state index contributed by atoms with van der Waals surface area (Å²) >= 11 is 0. The Morgan fingerprint density at radius 3 is 2.87 bits per heavy atom. The Hall–Kier alpha value is -2.36. The lowest BCUT2D eigenvalue weighted by molar-refractivity contribution is 0.138. The van der Waals surface area contributed by atoms with E-state index in [1.165, 1.54) is 23.3 Å². The maximum absolute atomic E-state index is 13.3. The summed E-state index contributed by atoms with van der Waals surface area (Å²) in [4.78, 5) is 7.84. The number of aromatic amines is 1. The molecule has 3 nitrogen and oxygen atoms in total. The number of fused-ring (bicyclic) bond motifs is 2. The van der Waals surface area contributed by atoms with Crippen LogP contribution < -0.4 is 4.74 Å². The van der Waals surface area contributed by atoms with Crippen molar-refractivity contribution in [1.82, 2.24) is 9.97 Å². The molecule has 0 radical (unpaired) electrons. The number of aromatic nitrogens is 2. The Labute approximate surface area is 134 Å². The number of ether oxygens (including phenoxy) is 1. The van der Waals surface area contributed by atoms with Gasteiger partial charge in [-0.15, -0.1) is 0 Å². The molecule has 0 saturated carbocycles. The molecule has 1 aromatic heterocycles. The first-order valence-electron chi connectivity index (χ1n) is 7.88. The SMILES string of the molecule is CC(c1ccc2c(c1)CC(C)(C)O2)c1nc2cc(F)ccc2[nH]1.